The van der Waals surface area contributed by atoms with Crippen molar-refractivity contribution in [2.24, 2.45) is 0 Å². The minimum absolute atomic E-state index is 0.437. The van der Waals surface area contributed by atoms with E-state index in [1.807, 2.05) is 0 Å². The molecule has 0 amide bonds. The molecule has 1 aromatic heterocycles. The first-order valence-electron chi connectivity index (χ1n) is 3.78. The van der Waals surface area contributed by atoms with Crippen molar-refractivity contribution >= 4 is 0 Å². The molecule has 0 aromatic carbocycles. The molecule has 0 radical (unpaired) electrons. The minimum atomic E-state index is -4.29. The van der Waals surface area contributed by atoms with Gasteiger partial charge in [-0.1, -0.05) is 0 Å². The maximum absolute atomic E-state index is 12.1. The van der Waals surface area contributed by atoms with Crippen LogP contribution in [0.3, 0.4) is 0 Å². The first-order chi connectivity index (χ1) is 6.04. The van der Waals surface area contributed by atoms with Gasteiger partial charge in [-0.25, -0.2) is 0 Å². The number of aromatic nitrogens is 2. The lowest BCUT2D eigenvalue weighted by atomic mass is 10.4. The molecule has 0 saturated heterocycles. The van der Waals surface area contributed by atoms with Crippen molar-refractivity contribution in [3.05, 3.63) is 18.0 Å². The van der Waals surface area contributed by atoms with E-state index in [2.05, 4.69) is 10.4 Å². The Morgan fingerprint density at radius 2 is 2.23 bits per heavy atom. The second-order valence-electron chi connectivity index (χ2n) is 2.59. The molecular formula is C7H10F3N3. The summed E-state index contributed by atoms with van der Waals surface area (Å²) in [7, 11) is 1.73. The van der Waals surface area contributed by atoms with E-state index in [0.29, 0.717) is 13.1 Å². The van der Waals surface area contributed by atoms with Crippen LogP contribution in [0.2, 0.25) is 0 Å². The van der Waals surface area contributed by atoms with Gasteiger partial charge in [-0.15, -0.1) is 0 Å². The highest BCUT2D eigenvalue weighted by atomic mass is 19.4. The quantitative estimate of drug-likeness (QED) is 0.779. The number of nitrogens with zero attached hydrogens (tertiary/aromatic N) is 2. The Morgan fingerprint density at radius 3 is 2.69 bits per heavy atom. The highest BCUT2D eigenvalue weighted by Crippen LogP contribution is 2.28. The van der Waals surface area contributed by atoms with E-state index in [1.165, 1.54) is 4.68 Å². The van der Waals surface area contributed by atoms with Gasteiger partial charge in [0.1, 0.15) is 0 Å². The minimum Gasteiger partial charge on any atom is -0.318 e. The first kappa shape index (κ1) is 10.0. The highest BCUT2D eigenvalue weighted by Gasteiger charge is 2.31. The lowest BCUT2D eigenvalue weighted by Crippen LogP contribution is -2.15. The van der Waals surface area contributed by atoms with Crippen LogP contribution >= 0.6 is 0 Å². The number of alkyl halides is 3. The fraction of sp³-hybridized carbons (Fsp3) is 0.571. The maximum atomic E-state index is 12.1. The molecule has 3 nitrogen and oxygen atoms in total. The summed E-state index contributed by atoms with van der Waals surface area (Å²) in [5, 5.41) is 6.40. The van der Waals surface area contributed by atoms with Crippen LogP contribution in [-0.2, 0) is 12.7 Å². The predicted octanol–water partition coefficient (Wildman–Crippen LogP) is 1.12. The summed E-state index contributed by atoms with van der Waals surface area (Å²) >= 11 is 0. The molecule has 13 heavy (non-hydrogen) atoms. The molecule has 74 valence electrons. The summed E-state index contributed by atoms with van der Waals surface area (Å²) in [5.41, 5.74) is -0.705. The molecule has 0 unspecified atom stereocenters. The normalized spacial score (nSPS) is 12.0. The van der Waals surface area contributed by atoms with Crippen LogP contribution in [0.25, 0.3) is 0 Å². The SMILES string of the molecule is CNCCn1cc(C(F)(F)F)cn1. The Bertz CT molecular complexity index is 266. The monoisotopic (exact) mass is 193 g/mol. The number of nitrogens with one attached hydrogen (secondary N) is 1. The van der Waals surface area contributed by atoms with E-state index in [0.717, 1.165) is 12.4 Å². The number of hydrogen-bond donors (Lipinski definition) is 1. The van der Waals surface area contributed by atoms with Gasteiger partial charge in [0.2, 0.25) is 0 Å². The number of likely N-dealkylation sites (N-methyl/N-ethyl adjacent to an activating group) is 1. The predicted molar refractivity (Wildman–Crippen MR) is 41.2 cm³/mol. The van der Waals surface area contributed by atoms with Crippen molar-refractivity contribution in [1.82, 2.24) is 15.1 Å². The molecule has 1 N–H and O–H groups in total. The molecule has 1 rings (SSSR count). The molecule has 0 atom stereocenters. The fourth-order valence-corrected chi connectivity index (χ4v) is 0.859. The van der Waals surface area contributed by atoms with E-state index < -0.39 is 11.7 Å². The number of rotatable bonds is 3. The molecule has 1 aromatic rings. The van der Waals surface area contributed by atoms with Crippen LogP contribution in [0.15, 0.2) is 12.4 Å². The zero-order chi connectivity index (χ0) is 9.90. The molecule has 0 fully saturated rings. The lowest BCUT2D eigenvalue weighted by molar-refractivity contribution is -0.137. The smallest absolute Gasteiger partial charge is 0.318 e. The summed E-state index contributed by atoms with van der Waals surface area (Å²) in [6.45, 7) is 1.03. The Balaban J connectivity index is 2.64. The molecule has 0 bridgehead atoms. The molecule has 0 aliphatic heterocycles. The van der Waals surface area contributed by atoms with Crippen LogP contribution in [-0.4, -0.2) is 23.4 Å². The van der Waals surface area contributed by atoms with Gasteiger partial charge in [-0.05, 0) is 7.05 Å². The molecule has 6 heteroatoms. The number of hydrogen-bond acceptors (Lipinski definition) is 2. The van der Waals surface area contributed by atoms with Crippen LogP contribution in [0.4, 0.5) is 13.2 Å². The molecule has 0 aliphatic rings. The topological polar surface area (TPSA) is 29.9 Å². The zero-order valence-corrected chi connectivity index (χ0v) is 7.10. The standard InChI is InChI=1S/C7H10F3N3/c1-11-2-3-13-5-6(4-12-13)7(8,9)10/h4-5,11H,2-3H2,1H3. The number of halogens is 3. The second-order valence-corrected chi connectivity index (χ2v) is 2.59. The molecule has 0 aliphatic carbocycles. The Morgan fingerprint density at radius 1 is 1.54 bits per heavy atom. The van der Waals surface area contributed by atoms with Crippen molar-refractivity contribution in [2.45, 2.75) is 12.7 Å². The Labute approximate surface area is 73.5 Å². The van der Waals surface area contributed by atoms with Crippen molar-refractivity contribution in [3.63, 3.8) is 0 Å². The van der Waals surface area contributed by atoms with Gasteiger partial charge < -0.3 is 5.32 Å². The Kier molecular flexibility index (Phi) is 2.92. The summed E-state index contributed by atoms with van der Waals surface area (Å²) in [6.07, 6.45) is -2.47. The summed E-state index contributed by atoms with van der Waals surface area (Å²) in [4.78, 5) is 0. The van der Waals surface area contributed by atoms with Gasteiger partial charge in [0.25, 0.3) is 0 Å². The maximum Gasteiger partial charge on any atom is 0.419 e. The van der Waals surface area contributed by atoms with Crippen LogP contribution < -0.4 is 5.32 Å². The van der Waals surface area contributed by atoms with E-state index in [1.54, 1.807) is 7.05 Å². The second kappa shape index (κ2) is 3.78. The van der Waals surface area contributed by atoms with Crippen molar-refractivity contribution in [3.8, 4) is 0 Å². The van der Waals surface area contributed by atoms with E-state index >= 15 is 0 Å². The van der Waals surface area contributed by atoms with Gasteiger partial charge in [0.15, 0.2) is 0 Å². The summed E-state index contributed by atoms with van der Waals surface area (Å²) < 4.78 is 37.4. The van der Waals surface area contributed by atoms with Crippen LogP contribution in [0, 0.1) is 0 Å². The Hall–Kier alpha value is -1.04. The van der Waals surface area contributed by atoms with Crippen LogP contribution in [0.1, 0.15) is 5.56 Å². The van der Waals surface area contributed by atoms with Crippen LogP contribution in [0.5, 0.6) is 0 Å². The van der Waals surface area contributed by atoms with Gasteiger partial charge >= 0.3 is 6.18 Å². The van der Waals surface area contributed by atoms with Gasteiger partial charge in [-0.2, -0.15) is 18.3 Å². The lowest BCUT2D eigenvalue weighted by Gasteiger charge is -2.01. The van der Waals surface area contributed by atoms with Gasteiger partial charge in [0.05, 0.1) is 18.3 Å². The molecular weight excluding hydrogens is 183 g/mol. The van der Waals surface area contributed by atoms with Crippen molar-refractivity contribution in [2.75, 3.05) is 13.6 Å². The van der Waals surface area contributed by atoms with E-state index in [-0.39, 0.29) is 0 Å². The third-order valence-corrected chi connectivity index (χ3v) is 1.55. The average Bonchev–Trinajstić information content (AvgIpc) is 2.47. The largest absolute Gasteiger partial charge is 0.419 e. The third-order valence-electron chi connectivity index (χ3n) is 1.55. The average molecular weight is 193 g/mol. The van der Waals surface area contributed by atoms with Crippen molar-refractivity contribution in [1.29, 1.82) is 0 Å². The van der Waals surface area contributed by atoms with Gasteiger partial charge in [-0.3, -0.25) is 4.68 Å². The highest BCUT2D eigenvalue weighted by molar-refractivity contribution is 5.08. The van der Waals surface area contributed by atoms with Gasteiger partial charge in [0, 0.05) is 12.7 Å². The molecule has 0 spiro atoms. The molecule has 1 heterocycles. The van der Waals surface area contributed by atoms with E-state index in [4.69, 9.17) is 0 Å². The molecule has 0 saturated carbocycles. The first-order valence-corrected chi connectivity index (χ1v) is 3.78. The summed E-state index contributed by atoms with van der Waals surface area (Å²) in [5.74, 6) is 0. The fourth-order valence-electron chi connectivity index (χ4n) is 0.859. The summed E-state index contributed by atoms with van der Waals surface area (Å²) in [6, 6.07) is 0. The van der Waals surface area contributed by atoms with E-state index in [9.17, 15) is 13.2 Å². The van der Waals surface area contributed by atoms with Crippen molar-refractivity contribution < 1.29 is 13.2 Å². The zero-order valence-electron chi connectivity index (χ0n) is 7.10. The third kappa shape index (κ3) is 2.73.